The molecule has 1 aliphatic rings. The number of aromatic nitrogens is 4. The van der Waals surface area contributed by atoms with Gasteiger partial charge in [0, 0.05) is 42.9 Å². The van der Waals surface area contributed by atoms with Gasteiger partial charge in [-0.3, -0.25) is 14.0 Å². The lowest BCUT2D eigenvalue weighted by Crippen LogP contribution is -2.49. The zero-order chi connectivity index (χ0) is 28.0. The fraction of sp³-hybridized carbons (Fsp3) is 0.241. The molecule has 204 valence electrons. The van der Waals surface area contributed by atoms with Gasteiger partial charge in [-0.15, -0.1) is 11.3 Å². The van der Waals surface area contributed by atoms with Crippen LogP contribution in [0.25, 0.3) is 21.9 Å². The van der Waals surface area contributed by atoms with E-state index in [0.29, 0.717) is 65.2 Å². The van der Waals surface area contributed by atoms with Gasteiger partial charge in [0.1, 0.15) is 17.3 Å². The van der Waals surface area contributed by atoms with Crippen molar-refractivity contribution in [1.82, 2.24) is 24.1 Å². The van der Waals surface area contributed by atoms with Crippen molar-refractivity contribution < 1.29 is 13.6 Å². The van der Waals surface area contributed by atoms with Gasteiger partial charge in [0.15, 0.2) is 4.96 Å². The second-order valence-corrected chi connectivity index (χ2v) is 10.6. The second kappa shape index (κ2) is 10.3. The van der Waals surface area contributed by atoms with Crippen molar-refractivity contribution in [2.75, 3.05) is 31.1 Å². The third-order valence-corrected chi connectivity index (χ3v) is 8.07. The summed E-state index contributed by atoms with van der Waals surface area (Å²) in [5, 5.41) is 6.43. The summed E-state index contributed by atoms with van der Waals surface area (Å²) in [6.45, 7) is 5.61. The Morgan fingerprint density at radius 3 is 2.45 bits per heavy atom. The van der Waals surface area contributed by atoms with Crippen LogP contribution in [0.5, 0.6) is 0 Å². The number of carbonyl (C=O) groups is 1. The number of hydrogen-bond acceptors (Lipinski definition) is 6. The Morgan fingerprint density at radius 1 is 1.00 bits per heavy atom. The van der Waals surface area contributed by atoms with E-state index in [0.717, 1.165) is 5.69 Å². The summed E-state index contributed by atoms with van der Waals surface area (Å²) < 4.78 is 30.8. The monoisotopic (exact) mass is 560 g/mol. The van der Waals surface area contributed by atoms with E-state index in [1.165, 1.54) is 33.9 Å². The average molecular weight is 561 g/mol. The second-order valence-electron chi connectivity index (χ2n) is 9.78. The Balaban J connectivity index is 1.25. The number of nitrogens with zero attached hydrogens (tertiary/aromatic N) is 6. The van der Waals surface area contributed by atoms with Crippen LogP contribution in [-0.4, -0.2) is 56.2 Å². The number of hydrogen-bond donors (Lipinski definition) is 0. The van der Waals surface area contributed by atoms with Crippen LogP contribution in [0.15, 0.2) is 64.8 Å². The fourth-order valence-corrected chi connectivity index (χ4v) is 6.06. The van der Waals surface area contributed by atoms with Crippen LogP contribution in [-0.2, 0) is 11.2 Å². The minimum Gasteiger partial charge on any atom is -0.366 e. The molecule has 8 nitrogen and oxygen atoms in total. The molecule has 0 aliphatic carbocycles. The van der Waals surface area contributed by atoms with Crippen LogP contribution in [0, 0.1) is 25.5 Å². The summed E-state index contributed by atoms with van der Waals surface area (Å²) >= 11 is 1.31. The van der Waals surface area contributed by atoms with Gasteiger partial charge in [-0.05, 0) is 56.3 Å². The maximum absolute atomic E-state index is 14.2. The molecule has 3 aromatic heterocycles. The summed E-state index contributed by atoms with van der Waals surface area (Å²) in [6.07, 6.45) is 0.0484. The smallest absolute Gasteiger partial charge is 0.268 e. The Labute approximate surface area is 232 Å². The molecular weight excluding hydrogens is 534 g/mol. The highest BCUT2D eigenvalue weighted by molar-refractivity contribution is 7.15. The molecule has 6 rings (SSSR count). The fourth-order valence-electron chi connectivity index (χ4n) is 5.14. The molecule has 1 amide bonds. The SMILES string of the molecule is Cc1nc2scc(CC(=O)N3CCN(c4ccccc4F)CC3)n2c(=O)c1-c1cc(C)n(-c2ccc(F)cc2)n1. The molecule has 0 radical (unpaired) electrons. The van der Waals surface area contributed by atoms with E-state index in [1.807, 2.05) is 11.8 Å². The highest BCUT2D eigenvalue weighted by Crippen LogP contribution is 2.25. The molecule has 4 heterocycles. The molecule has 11 heteroatoms. The number of carbonyl (C=O) groups excluding carboxylic acids is 1. The average Bonchev–Trinajstić information content (AvgIpc) is 3.52. The first-order valence-corrected chi connectivity index (χ1v) is 13.8. The minimum atomic E-state index is -0.343. The number of benzene rings is 2. The van der Waals surface area contributed by atoms with Crippen molar-refractivity contribution >= 4 is 27.9 Å². The summed E-state index contributed by atoms with van der Waals surface area (Å²) in [5.41, 5.74) is 3.61. The van der Waals surface area contributed by atoms with Gasteiger partial charge in [-0.1, -0.05) is 12.1 Å². The van der Waals surface area contributed by atoms with Crippen molar-refractivity contribution in [3.8, 4) is 16.9 Å². The molecule has 40 heavy (non-hydrogen) atoms. The lowest BCUT2D eigenvalue weighted by atomic mass is 10.1. The Bertz CT molecular complexity index is 1780. The molecule has 0 bridgehead atoms. The molecule has 1 saturated heterocycles. The Morgan fingerprint density at radius 2 is 1.73 bits per heavy atom. The van der Waals surface area contributed by atoms with E-state index in [9.17, 15) is 18.4 Å². The lowest BCUT2D eigenvalue weighted by Gasteiger charge is -2.36. The largest absolute Gasteiger partial charge is 0.366 e. The molecule has 1 aliphatic heterocycles. The summed E-state index contributed by atoms with van der Waals surface area (Å²) in [5.74, 6) is -0.718. The zero-order valence-electron chi connectivity index (χ0n) is 22.0. The van der Waals surface area contributed by atoms with Crippen molar-refractivity contribution in [3.05, 3.63) is 99.0 Å². The molecule has 0 atom stereocenters. The number of anilines is 1. The van der Waals surface area contributed by atoms with Gasteiger partial charge < -0.3 is 9.80 Å². The molecular formula is C29H26F2N6O2S. The van der Waals surface area contributed by atoms with E-state index in [1.54, 1.807) is 58.3 Å². The molecule has 0 spiro atoms. The van der Waals surface area contributed by atoms with Crippen molar-refractivity contribution in [2.45, 2.75) is 20.3 Å². The standard InChI is InChI=1S/C29H26F2N6O2S/c1-18-15-24(33-37(18)21-9-7-20(30)8-10-21)27-19(2)32-29-36(28(27)39)22(17-40-29)16-26(38)35-13-11-34(12-14-35)25-6-4-3-5-23(25)31/h3-10,15,17H,11-14,16H2,1-2H3. The summed E-state index contributed by atoms with van der Waals surface area (Å²) in [7, 11) is 0. The number of amides is 1. The summed E-state index contributed by atoms with van der Waals surface area (Å²) in [4.78, 5) is 35.9. The van der Waals surface area contributed by atoms with Crippen LogP contribution in [0.1, 0.15) is 17.1 Å². The number of thiazole rings is 1. The number of rotatable bonds is 5. The predicted molar refractivity (Wildman–Crippen MR) is 150 cm³/mol. The van der Waals surface area contributed by atoms with Gasteiger partial charge >= 0.3 is 0 Å². The number of aryl methyl sites for hydroxylation is 2. The normalized spacial score (nSPS) is 13.8. The molecule has 1 fully saturated rings. The number of piperazine rings is 1. The first-order valence-electron chi connectivity index (χ1n) is 12.9. The quantitative estimate of drug-likeness (QED) is 0.319. The van der Waals surface area contributed by atoms with Gasteiger partial charge in [0.2, 0.25) is 5.91 Å². The third kappa shape index (κ3) is 4.66. The van der Waals surface area contributed by atoms with Gasteiger partial charge in [-0.2, -0.15) is 5.10 Å². The number of halogens is 2. The van der Waals surface area contributed by atoms with E-state index >= 15 is 0 Å². The lowest BCUT2D eigenvalue weighted by molar-refractivity contribution is -0.130. The molecule has 0 saturated carbocycles. The van der Waals surface area contributed by atoms with Crippen molar-refractivity contribution in [1.29, 1.82) is 0 Å². The maximum atomic E-state index is 14.2. The number of para-hydroxylation sites is 1. The Hall–Kier alpha value is -4.38. The highest BCUT2D eigenvalue weighted by atomic mass is 32.1. The van der Waals surface area contributed by atoms with E-state index < -0.39 is 0 Å². The van der Waals surface area contributed by atoms with Crippen LogP contribution in [0.2, 0.25) is 0 Å². The van der Waals surface area contributed by atoms with Crippen LogP contribution < -0.4 is 10.5 Å². The third-order valence-electron chi connectivity index (χ3n) is 7.19. The Kier molecular flexibility index (Phi) is 6.67. The molecule has 0 N–H and O–H groups in total. The zero-order valence-corrected chi connectivity index (χ0v) is 22.8. The minimum absolute atomic E-state index is 0.0484. The van der Waals surface area contributed by atoms with Crippen LogP contribution >= 0.6 is 11.3 Å². The maximum Gasteiger partial charge on any atom is 0.268 e. The summed E-state index contributed by atoms with van der Waals surface area (Å²) in [6, 6.07) is 14.4. The first kappa shape index (κ1) is 25.9. The topological polar surface area (TPSA) is 75.7 Å². The first-order chi connectivity index (χ1) is 19.3. The molecule has 0 unspecified atom stereocenters. The van der Waals surface area contributed by atoms with Crippen LogP contribution in [0.3, 0.4) is 0 Å². The van der Waals surface area contributed by atoms with Gasteiger partial charge in [-0.25, -0.2) is 18.4 Å². The van der Waals surface area contributed by atoms with Gasteiger partial charge in [0.25, 0.3) is 5.56 Å². The highest BCUT2D eigenvalue weighted by Gasteiger charge is 2.25. The van der Waals surface area contributed by atoms with E-state index in [4.69, 9.17) is 0 Å². The molecule has 5 aromatic rings. The number of fused-ring (bicyclic) bond motifs is 1. The van der Waals surface area contributed by atoms with E-state index in [2.05, 4.69) is 10.1 Å². The van der Waals surface area contributed by atoms with E-state index in [-0.39, 0.29) is 29.5 Å². The van der Waals surface area contributed by atoms with Gasteiger partial charge in [0.05, 0.1) is 29.1 Å². The predicted octanol–water partition coefficient (Wildman–Crippen LogP) is 4.40. The van der Waals surface area contributed by atoms with Crippen LogP contribution in [0.4, 0.5) is 14.5 Å². The van der Waals surface area contributed by atoms with Crippen molar-refractivity contribution in [3.63, 3.8) is 0 Å². The molecule has 2 aromatic carbocycles. The van der Waals surface area contributed by atoms with Crippen molar-refractivity contribution in [2.24, 2.45) is 0 Å².